The van der Waals surface area contributed by atoms with E-state index in [9.17, 15) is 9.59 Å². The first-order valence-electron chi connectivity index (χ1n) is 9.06. The minimum absolute atomic E-state index is 0.0490. The van der Waals surface area contributed by atoms with E-state index in [1.165, 1.54) is 4.52 Å². The fraction of sp³-hybridized carbons (Fsp3) is 0.556. The molecule has 3 aliphatic rings. The maximum atomic E-state index is 12.6. The van der Waals surface area contributed by atoms with Crippen LogP contribution in [0.1, 0.15) is 43.1 Å². The van der Waals surface area contributed by atoms with Crippen LogP contribution in [0, 0.1) is 17.8 Å². The van der Waals surface area contributed by atoms with Crippen molar-refractivity contribution in [3.8, 4) is 0 Å². The van der Waals surface area contributed by atoms with Crippen molar-refractivity contribution >= 4 is 35.2 Å². The summed E-state index contributed by atoms with van der Waals surface area (Å²) >= 11 is 6.06. The first kappa shape index (κ1) is 17.3. The number of hydrogen-bond acceptors (Lipinski definition) is 6. The van der Waals surface area contributed by atoms with Crippen LogP contribution in [0.15, 0.2) is 12.1 Å². The fourth-order valence-electron chi connectivity index (χ4n) is 4.58. The third-order valence-corrected chi connectivity index (χ3v) is 5.88. The van der Waals surface area contributed by atoms with E-state index >= 15 is 0 Å². The first-order chi connectivity index (χ1) is 12.6. The Labute approximate surface area is 156 Å². The summed E-state index contributed by atoms with van der Waals surface area (Å²) in [4.78, 5) is 28.1. The molecule has 0 saturated heterocycles. The largest absolute Gasteiger partial charge is 0.466 e. The van der Waals surface area contributed by atoms with Gasteiger partial charge in [-0.1, -0.05) is 0 Å². The number of nitrogens with one attached hydrogen (secondary N) is 1. The molecule has 2 aromatic rings. The molecule has 2 aromatic heterocycles. The summed E-state index contributed by atoms with van der Waals surface area (Å²) in [5.74, 6) is 0.951. The summed E-state index contributed by atoms with van der Waals surface area (Å²) in [6.45, 7) is 2.21. The predicted octanol–water partition coefficient (Wildman–Crippen LogP) is 2.98. The molecule has 3 aliphatic carbocycles. The van der Waals surface area contributed by atoms with Gasteiger partial charge in [0.2, 0.25) is 5.28 Å². The molecule has 0 aromatic carbocycles. The molecule has 0 radical (unpaired) electrons. The molecule has 7 nitrogen and oxygen atoms in total. The van der Waals surface area contributed by atoms with E-state index < -0.39 is 0 Å². The van der Waals surface area contributed by atoms with Gasteiger partial charge in [-0.2, -0.15) is 4.98 Å². The predicted molar refractivity (Wildman–Crippen MR) is 96.4 cm³/mol. The van der Waals surface area contributed by atoms with Crippen molar-refractivity contribution in [1.29, 1.82) is 0 Å². The summed E-state index contributed by atoms with van der Waals surface area (Å²) in [6, 6.07) is 3.41. The zero-order chi connectivity index (χ0) is 18.3. The highest BCUT2D eigenvalue weighted by Crippen LogP contribution is 2.46. The summed E-state index contributed by atoms with van der Waals surface area (Å²) in [6.07, 6.45) is 5.03. The quantitative estimate of drug-likeness (QED) is 0.637. The second-order valence-corrected chi connectivity index (χ2v) is 7.36. The number of aromatic nitrogens is 3. The lowest BCUT2D eigenvalue weighted by Crippen LogP contribution is -2.52. The third kappa shape index (κ3) is 2.84. The number of carbonyl (C=O) groups excluding carboxylic acids is 2. The normalized spacial score (nSPS) is 27.5. The highest BCUT2D eigenvalue weighted by molar-refractivity contribution is 6.28. The number of aldehydes is 1. The molecule has 5 rings (SSSR count). The lowest BCUT2D eigenvalue weighted by Gasteiger charge is -2.47. The number of carbonyl (C=O) groups is 2. The molecule has 26 heavy (non-hydrogen) atoms. The Morgan fingerprint density at radius 1 is 1.35 bits per heavy atom. The fourth-order valence-corrected chi connectivity index (χ4v) is 4.74. The van der Waals surface area contributed by atoms with Crippen LogP contribution in [0.2, 0.25) is 5.28 Å². The molecule has 0 spiro atoms. The SMILES string of the molecule is CCOC(=O)[C@H]1C2CCC(CC2)[C@@H]1Nc1nc(Cl)nn2c(C=O)ccc12. The van der Waals surface area contributed by atoms with Gasteiger partial charge in [0, 0.05) is 6.04 Å². The Kier molecular flexibility index (Phi) is 4.56. The van der Waals surface area contributed by atoms with Crippen LogP contribution in [0.5, 0.6) is 0 Å². The van der Waals surface area contributed by atoms with Crippen LogP contribution in [0.25, 0.3) is 5.52 Å². The Balaban J connectivity index is 1.71. The van der Waals surface area contributed by atoms with Crippen molar-refractivity contribution in [2.45, 2.75) is 38.6 Å². The van der Waals surface area contributed by atoms with Gasteiger partial charge in [-0.15, -0.1) is 5.10 Å². The van der Waals surface area contributed by atoms with Crippen LogP contribution in [0.3, 0.4) is 0 Å². The molecule has 0 amide bonds. The van der Waals surface area contributed by atoms with Gasteiger partial charge in [0.25, 0.3) is 0 Å². The topological polar surface area (TPSA) is 85.6 Å². The molecule has 2 bridgehead atoms. The maximum absolute atomic E-state index is 12.6. The molecule has 0 unspecified atom stereocenters. The summed E-state index contributed by atoms with van der Waals surface area (Å²) in [5, 5.41) is 7.60. The van der Waals surface area contributed by atoms with Gasteiger partial charge in [-0.05, 0) is 68.2 Å². The molecule has 138 valence electrons. The van der Waals surface area contributed by atoms with Crippen molar-refractivity contribution in [3.63, 3.8) is 0 Å². The van der Waals surface area contributed by atoms with Gasteiger partial charge in [-0.3, -0.25) is 9.59 Å². The van der Waals surface area contributed by atoms with E-state index in [4.69, 9.17) is 16.3 Å². The van der Waals surface area contributed by atoms with E-state index in [2.05, 4.69) is 15.4 Å². The third-order valence-electron chi connectivity index (χ3n) is 5.72. The number of anilines is 1. The number of rotatable bonds is 5. The Hall–Kier alpha value is -2.15. The van der Waals surface area contributed by atoms with Crippen molar-refractivity contribution in [2.75, 3.05) is 11.9 Å². The summed E-state index contributed by atoms with van der Waals surface area (Å²) in [7, 11) is 0. The van der Waals surface area contributed by atoms with E-state index in [0.29, 0.717) is 35.5 Å². The van der Waals surface area contributed by atoms with Gasteiger partial charge in [0.1, 0.15) is 11.2 Å². The van der Waals surface area contributed by atoms with Crippen molar-refractivity contribution < 1.29 is 14.3 Å². The average Bonchev–Trinajstić information content (AvgIpc) is 3.05. The van der Waals surface area contributed by atoms with Crippen molar-refractivity contribution in [2.24, 2.45) is 17.8 Å². The minimum atomic E-state index is -0.184. The van der Waals surface area contributed by atoms with Crippen LogP contribution in [0.4, 0.5) is 5.82 Å². The number of ether oxygens (including phenoxy) is 1. The lowest BCUT2D eigenvalue weighted by atomic mass is 9.61. The molecule has 0 aliphatic heterocycles. The van der Waals surface area contributed by atoms with Gasteiger partial charge in [0.15, 0.2) is 12.1 Å². The first-order valence-corrected chi connectivity index (χ1v) is 9.43. The Morgan fingerprint density at radius 2 is 2.08 bits per heavy atom. The Morgan fingerprint density at radius 3 is 2.77 bits per heavy atom. The minimum Gasteiger partial charge on any atom is -0.466 e. The molecule has 3 fully saturated rings. The molecular formula is C18H21ClN4O3. The zero-order valence-electron chi connectivity index (χ0n) is 14.5. The number of esters is 1. The van der Waals surface area contributed by atoms with Gasteiger partial charge in [-0.25, -0.2) is 4.52 Å². The average molecular weight is 377 g/mol. The standard InChI is InChI=1S/C18H21ClN4O3/c1-2-26-17(25)14-10-3-5-11(6-4-10)15(14)20-16-13-8-7-12(9-24)23(13)22-18(19)21-16/h7-11,14-15H,2-6H2,1H3,(H,20,21,22)/t10?,11?,14-,15-/m0/s1. The van der Waals surface area contributed by atoms with Crippen LogP contribution < -0.4 is 5.32 Å². The van der Waals surface area contributed by atoms with E-state index in [0.717, 1.165) is 32.0 Å². The zero-order valence-corrected chi connectivity index (χ0v) is 15.3. The van der Waals surface area contributed by atoms with Gasteiger partial charge >= 0.3 is 5.97 Å². The summed E-state index contributed by atoms with van der Waals surface area (Å²) < 4.78 is 6.82. The number of halogens is 1. The highest BCUT2D eigenvalue weighted by atomic mass is 35.5. The summed E-state index contributed by atoms with van der Waals surface area (Å²) in [5.41, 5.74) is 1.07. The second-order valence-electron chi connectivity index (χ2n) is 7.03. The molecule has 1 N–H and O–H groups in total. The molecule has 3 saturated carbocycles. The smallest absolute Gasteiger partial charge is 0.311 e. The molecule has 2 atom stereocenters. The monoisotopic (exact) mass is 376 g/mol. The number of fused-ring (bicyclic) bond motifs is 4. The highest BCUT2D eigenvalue weighted by Gasteiger charge is 2.48. The molecular weight excluding hydrogens is 356 g/mol. The van der Waals surface area contributed by atoms with Crippen molar-refractivity contribution in [3.05, 3.63) is 23.1 Å². The molecule has 2 heterocycles. The molecule has 8 heteroatoms. The Bertz CT molecular complexity index is 844. The van der Waals surface area contributed by atoms with E-state index in [-0.39, 0.29) is 23.2 Å². The van der Waals surface area contributed by atoms with Crippen LogP contribution in [-0.2, 0) is 9.53 Å². The number of hydrogen-bond donors (Lipinski definition) is 1. The number of nitrogens with zero attached hydrogens (tertiary/aromatic N) is 3. The van der Waals surface area contributed by atoms with Crippen molar-refractivity contribution in [1.82, 2.24) is 14.6 Å². The van der Waals surface area contributed by atoms with E-state index in [1.807, 2.05) is 6.92 Å². The second kappa shape index (κ2) is 6.87. The van der Waals surface area contributed by atoms with Gasteiger partial charge < -0.3 is 10.1 Å². The van der Waals surface area contributed by atoms with Crippen LogP contribution >= 0.6 is 11.6 Å². The maximum Gasteiger partial charge on any atom is 0.311 e. The van der Waals surface area contributed by atoms with Gasteiger partial charge in [0.05, 0.1) is 12.5 Å². The lowest BCUT2D eigenvalue weighted by molar-refractivity contribution is -0.154. The van der Waals surface area contributed by atoms with Crippen LogP contribution in [-0.4, -0.2) is 39.5 Å². The van der Waals surface area contributed by atoms with E-state index in [1.54, 1.807) is 12.1 Å².